The molecule has 0 aromatic rings. The maximum absolute atomic E-state index is 11.9. The smallest absolute Gasteiger partial charge is 0.251 e. The number of ether oxygens (including phenoxy) is 2. The van der Waals surface area contributed by atoms with Crippen molar-refractivity contribution >= 4 is 17.5 Å². The highest BCUT2D eigenvalue weighted by atomic mass is 35.5. The van der Waals surface area contributed by atoms with Gasteiger partial charge >= 0.3 is 0 Å². The molecule has 0 radical (unpaired) electrons. The highest BCUT2D eigenvalue weighted by Crippen LogP contribution is 2.38. The van der Waals surface area contributed by atoms with Crippen LogP contribution in [-0.4, -0.2) is 44.3 Å². The third kappa shape index (κ3) is 3.33. The average Bonchev–Trinajstić information content (AvgIpc) is 2.86. The van der Waals surface area contributed by atoms with Crippen LogP contribution in [0.4, 0.5) is 0 Å². The average molecular weight is 262 g/mol. The summed E-state index contributed by atoms with van der Waals surface area (Å²) in [4.78, 5) is 11.9. The normalized spacial score (nSPS) is 27.9. The zero-order valence-electron chi connectivity index (χ0n) is 10.0. The molecule has 1 aliphatic heterocycles. The third-order valence-corrected chi connectivity index (χ3v) is 4.26. The van der Waals surface area contributed by atoms with Gasteiger partial charge in [-0.15, -0.1) is 11.6 Å². The second-order valence-corrected chi connectivity index (χ2v) is 5.26. The third-order valence-electron chi connectivity index (χ3n) is 3.69. The van der Waals surface area contributed by atoms with Crippen molar-refractivity contribution in [1.82, 2.24) is 5.32 Å². The monoisotopic (exact) mass is 261 g/mol. The number of hydrogen-bond acceptors (Lipinski definition) is 3. The van der Waals surface area contributed by atoms with E-state index in [9.17, 15) is 4.79 Å². The lowest BCUT2D eigenvalue weighted by Crippen LogP contribution is -2.46. The van der Waals surface area contributed by atoms with E-state index < -0.39 is 6.10 Å². The molecule has 1 aliphatic carbocycles. The van der Waals surface area contributed by atoms with Crippen molar-refractivity contribution in [3.63, 3.8) is 0 Å². The Balaban J connectivity index is 1.78. The summed E-state index contributed by atoms with van der Waals surface area (Å²) in [6.07, 6.45) is 4.20. The molecule has 0 aromatic heterocycles. The maximum Gasteiger partial charge on any atom is 0.251 e. The van der Waals surface area contributed by atoms with Crippen LogP contribution in [-0.2, 0) is 14.3 Å². The Morgan fingerprint density at radius 1 is 1.35 bits per heavy atom. The fraction of sp³-hybridized carbons (Fsp3) is 0.917. The number of rotatable bonds is 4. The largest absolute Gasteiger partial charge is 0.376 e. The summed E-state index contributed by atoms with van der Waals surface area (Å²) < 4.78 is 10.6. The van der Waals surface area contributed by atoms with Gasteiger partial charge < -0.3 is 14.8 Å². The van der Waals surface area contributed by atoms with E-state index in [4.69, 9.17) is 21.1 Å². The topological polar surface area (TPSA) is 47.6 Å². The van der Waals surface area contributed by atoms with Crippen LogP contribution in [0.3, 0.4) is 0 Å². The van der Waals surface area contributed by atoms with E-state index in [1.54, 1.807) is 0 Å². The van der Waals surface area contributed by atoms with E-state index >= 15 is 0 Å². The Hall–Kier alpha value is -0.320. The molecule has 98 valence electrons. The van der Waals surface area contributed by atoms with Gasteiger partial charge in [-0.1, -0.05) is 12.8 Å². The summed E-state index contributed by atoms with van der Waals surface area (Å²) in [7, 11) is 0. The first kappa shape index (κ1) is 13.1. The van der Waals surface area contributed by atoms with Gasteiger partial charge in [0.2, 0.25) is 0 Å². The summed E-state index contributed by atoms with van der Waals surface area (Å²) in [5.41, 5.74) is 0.104. The summed E-state index contributed by atoms with van der Waals surface area (Å²) in [6, 6.07) is 0. The summed E-state index contributed by atoms with van der Waals surface area (Å²) in [5.74, 6) is 0.552. The van der Waals surface area contributed by atoms with Crippen molar-refractivity contribution in [3.8, 4) is 0 Å². The predicted octanol–water partition coefficient (Wildman–Crippen LogP) is 1.32. The van der Waals surface area contributed by atoms with Crippen molar-refractivity contribution in [2.24, 2.45) is 5.41 Å². The zero-order chi connectivity index (χ0) is 12.1. The second kappa shape index (κ2) is 6.03. The summed E-state index contributed by atoms with van der Waals surface area (Å²) in [6.45, 7) is 2.10. The van der Waals surface area contributed by atoms with E-state index in [0.717, 1.165) is 12.8 Å². The number of hydrogen-bond donors (Lipinski definition) is 1. The van der Waals surface area contributed by atoms with Crippen LogP contribution in [0.2, 0.25) is 0 Å². The van der Waals surface area contributed by atoms with Crippen LogP contribution in [0.1, 0.15) is 25.7 Å². The summed E-state index contributed by atoms with van der Waals surface area (Å²) >= 11 is 6.03. The summed E-state index contributed by atoms with van der Waals surface area (Å²) in [5, 5.41) is 2.96. The molecule has 2 fully saturated rings. The van der Waals surface area contributed by atoms with Crippen molar-refractivity contribution in [2.45, 2.75) is 31.8 Å². The molecule has 0 bridgehead atoms. The highest BCUT2D eigenvalue weighted by Gasteiger charge is 2.34. The molecule has 1 atom stereocenters. The lowest BCUT2D eigenvalue weighted by atomic mass is 9.88. The van der Waals surface area contributed by atoms with Gasteiger partial charge in [0.05, 0.1) is 19.8 Å². The molecule has 1 amide bonds. The SMILES string of the molecule is O=C(NCC1(CCl)CCCC1)C1COCCO1. The van der Waals surface area contributed by atoms with Gasteiger partial charge in [0.25, 0.3) is 5.91 Å². The maximum atomic E-state index is 11.9. The first-order valence-corrected chi connectivity index (χ1v) is 6.82. The number of halogens is 1. The number of carbonyl (C=O) groups excluding carboxylic acids is 1. The van der Waals surface area contributed by atoms with Crippen LogP contribution in [0.15, 0.2) is 0 Å². The number of alkyl halides is 1. The van der Waals surface area contributed by atoms with Crippen LogP contribution >= 0.6 is 11.6 Å². The zero-order valence-corrected chi connectivity index (χ0v) is 10.8. The molecule has 1 N–H and O–H groups in total. The molecule has 1 saturated heterocycles. The number of carbonyl (C=O) groups is 1. The Morgan fingerprint density at radius 3 is 2.71 bits per heavy atom. The van der Waals surface area contributed by atoms with Crippen molar-refractivity contribution in [1.29, 1.82) is 0 Å². The van der Waals surface area contributed by atoms with Gasteiger partial charge in [-0.25, -0.2) is 0 Å². The van der Waals surface area contributed by atoms with Crippen LogP contribution in [0.25, 0.3) is 0 Å². The van der Waals surface area contributed by atoms with Crippen LogP contribution < -0.4 is 5.32 Å². The molecule has 5 heteroatoms. The fourth-order valence-electron chi connectivity index (χ4n) is 2.51. The van der Waals surface area contributed by atoms with Gasteiger partial charge in [-0.2, -0.15) is 0 Å². The lowest BCUT2D eigenvalue weighted by molar-refractivity contribution is -0.147. The molecule has 4 nitrogen and oxygen atoms in total. The van der Waals surface area contributed by atoms with Gasteiger partial charge in [0.1, 0.15) is 0 Å². The molecular weight excluding hydrogens is 242 g/mol. The molecule has 2 rings (SSSR count). The van der Waals surface area contributed by atoms with Gasteiger partial charge in [0.15, 0.2) is 6.10 Å². The van der Waals surface area contributed by atoms with E-state index in [1.165, 1.54) is 12.8 Å². The number of nitrogens with one attached hydrogen (secondary N) is 1. The minimum absolute atomic E-state index is 0.0684. The van der Waals surface area contributed by atoms with Gasteiger partial charge in [-0.05, 0) is 12.8 Å². The minimum Gasteiger partial charge on any atom is -0.376 e. The Bertz CT molecular complexity index is 260. The predicted molar refractivity (Wildman–Crippen MR) is 65.2 cm³/mol. The van der Waals surface area contributed by atoms with E-state index in [2.05, 4.69) is 5.32 Å². The molecule has 1 saturated carbocycles. The molecule has 1 heterocycles. The number of amides is 1. The standard InChI is InChI=1S/C12H20ClNO3/c13-8-12(3-1-2-4-12)9-14-11(15)10-7-16-5-6-17-10/h10H,1-9H2,(H,14,15). The first-order chi connectivity index (χ1) is 8.26. The minimum atomic E-state index is -0.447. The van der Waals surface area contributed by atoms with Crippen molar-refractivity contribution in [3.05, 3.63) is 0 Å². The molecule has 17 heavy (non-hydrogen) atoms. The van der Waals surface area contributed by atoms with Gasteiger partial charge in [0, 0.05) is 17.8 Å². The van der Waals surface area contributed by atoms with E-state index in [1.807, 2.05) is 0 Å². The highest BCUT2D eigenvalue weighted by molar-refractivity contribution is 6.18. The lowest BCUT2D eigenvalue weighted by Gasteiger charge is -2.28. The van der Waals surface area contributed by atoms with Crippen LogP contribution in [0, 0.1) is 5.41 Å². The molecule has 1 unspecified atom stereocenters. The Labute approximate surface area is 107 Å². The van der Waals surface area contributed by atoms with E-state index in [-0.39, 0.29) is 11.3 Å². The molecular formula is C12H20ClNO3. The van der Waals surface area contributed by atoms with Crippen molar-refractivity contribution < 1.29 is 14.3 Å². The molecule has 0 spiro atoms. The van der Waals surface area contributed by atoms with Crippen LogP contribution in [0.5, 0.6) is 0 Å². The second-order valence-electron chi connectivity index (χ2n) is 4.99. The van der Waals surface area contributed by atoms with Gasteiger partial charge in [-0.3, -0.25) is 4.79 Å². The molecule has 0 aromatic carbocycles. The Kier molecular flexibility index (Phi) is 4.65. The molecule has 2 aliphatic rings. The fourth-order valence-corrected chi connectivity index (χ4v) is 2.87. The van der Waals surface area contributed by atoms with Crippen molar-refractivity contribution in [2.75, 3.05) is 32.2 Å². The Morgan fingerprint density at radius 2 is 2.12 bits per heavy atom. The first-order valence-electron chi connectivity index (χ1n) is 6.29. The van der Waals surface area contributed by atoms with E-state index in [0.29, 0.717) is 32.2 Å². The quantitative estimate of drug-likeness (QED) is 0.777.